The van der Waals surface area contributed by atoms with Crippen molar-refractivity contribution in [3.05, 3.63) is 40.4 Å². The van der Waals surface area contributed by atoms with Crippen molar-refractivity contribution in [3.63, 3.8) is 0 Å². The van der Waals surface area contributed by atoms with Crippen LogP contribution in [0.25, 0.3) is 10.6 Å². The fourth-order valence-corrected chi connectivity index (χ4v) is 2.82. The van der Waals surface area contributed by atoms with Crippen molar-refractivity contribution in [2.45, 2.75) is 12.8 Å². The Morgan fingerprint density at radius 1 is 1.35 bits per heavy atom. The van der Waals surface area contributed by atoms with Gasteiger partial charge in [0, 0.05) is 17.5 Å². The van der Waals surface area contributed by atoms with Gasteiger partial charge in [0.25, 0.3) is 5.91 Å². The van der Waals surface area contributed by atoms with Crippen LogP contribution in [-0.2, 0) is 0 Å². The molecule has 0 saturated carbocycles. The van der Waals surface area contributed by atoms with Gasteiger partial charge in [-0.05, 0) is 25.5 Å². The summed E-state index contributed by atoms with van der Waals surface area (Å²) in [6.45, 7) is 1.26. The van der Waals surface area contributed by atoms with Gasteiger partial charge in [0.1, 0.15) is 10.7 Å². The van der Waals surface area contributed by atoms with Crippen molar-refractivity contribution in [1.82, 2.24) is 10.3 Å². The fourth-order valence-electron chi connectivity index (χ4n) is 1.70. The van der Waals surface area contributed by atoms with E-state index in [1.165, 1.54) is 11.3 Å². The Morgan fingerprint density at radius 2 is 2.15 bits per heavy atom. The number of nitrogens with zero attached hydrogens (tertiary/aromatic N) is 1. The zero-order valence-electron chi connectivity index (χ0n) is 10.9. The summed E-state index contributed by atoms with van der Waals surface area (Å²) in [5.74, 6) is -0.156. The summed E-state index contributed by atoms with van der Waals surface area (Å²) in [7, 11) is 0. The third-order valence-corrected chi connectivity index (χ3v) is 3.96. The predicted molar refractivity (Wildman–Crippen MR) is 83.2 cm³/mol. The van der Waals surface area contributed by atoms with Gasteiger partial charge in [-0.3, -0.25) is 4.79 Å². The molecule has 106 valence electrons. The summed E-state index contributed by atoms with van der Waals surface area (Å²) >= 11 is 7.53. The van der Waals surface area contributed by atoms with Gasteiger partial charge in [0.15, 0.2) is 0 Å². The molecule has 2 rings (SSSR count). The maximum Gasteiger partial charge on any atom is 0.270 e. The molecule has 0 spiro atoms. The lowest BCUT2D eigenvalue weighted by Gasteiger charge is -2.02. The van der Waals surface area contributed by atoms with Crippen LogP contribution < -0.4 is 11.1 Å². The van der Waals surface area contributed by atoms with Crippen molar-refractivity contribution in [2.24, 2.45) is 5.73 Å². The fraction of sp³-hybridized carbons (Fsp3) is 0.286. The highest BCUT2D eigenvalue weighted by molar-refractivity contribution is 7.13. The molecular formula is C14H16ClN3OS. The predicted octanol–water partition coefficient (Wildman–Crippen LogP) is 2.93. The molecule has 3 N–H and O–H groups in total. The Hall–Kier alpha value is -1.43. The van der Waals surface area contributed by atoms with E-state index in [4.69, 9.17) is 17.3 Å². The summed E-state index contributed by atoms with van der Waals surface area (Å²) in [4.78, 5) is 16.2. The SMILES string of the molecule is NCCCCNC(=O)c1csc(-c2ccccc2Cl)n1. The first kappa shape index (κ1) is 15.0. The van der Waals surface area contributed by atoms with E-state index >= 15 is 0 Å². The zero-order valence-corrected chi connectivity index (χ0v) is 12.5. The average molecular weight is 310 g/mol. The number of benzene rings is 1. The highest BCUT2D eigenvalue weighted by atomic mass is 35.5. The minimum Gasteiger partial charge on any atom is -0.351 e. The topological polar surface area (TPSA) is 68.0 Å². The first-order chi connectivity index (χ1) is 9.72. The van der Waals surface area contributed by atoms with E-state index in [-0.39, 0.29) is 5.91 Å². The van der Waals surface area contributed by atoms with Gasteiger partial charge in [-0.25, -0.2) is 4.98 Å². The molecule has 20 heavy (non-hydrogen) atoms. The molecule has 0 unspecified atom stereocenters. The highest BCUT2D eigenvalue weighted by Gasteiger charge is 2.12. The lowest BCUT2D eigenvalue weighted by Crippen LogP contribution is -2.25. The maximum atomic E-state index is 11.9. The Bertz CT molecular complexity index is 585. The molecule has 2 aromatic rings. The van der Waals surface area contributed by atoms with Crippen molar-refractivity contribution in [1.29, 1.82) is 0 Å². The molecule has 0 aliphatic heterocycles. The lowest BCUT2D eigenvalue weighted by atomic mass is 10.2. The van der Waals surface area contributed by atoms with Gasteiger partial charge in [-0.2, -0.15) is 0 Å². The van der Waals surface area contributed by atoms with Crippen molar-refractivity contribution < 1.29 is 4.79 Å². The van der Waals surface area contributed by atoms with Crippen LogP contribution in [0.1, 0.15) is 23.3 Å². The number of amides is 1. The van der Waals surface area contributed by atoms with Gasteiger partial charge in [-0.1, -0.05) is 29.8 Å². The molecule has 0 aliphatic carbocycles. The molecule has 4 nitrogen and oxygen atoms in total. The Morgan fingerprint density at radius 3 is 2.90 bits per heavy atom. The van der Waals surface area contributed by atoms with Crippen molar-refractivity contribution in [2.75, 3.05) is 13.1 Å². The van der Waals surface area contributed by atoms with E-state index in [0.29, 0.717) is 23.8 Å². The number of carbonyl (C=O) groups excluding carboxylic acids is 1. The molecule has 0 aliphatic rings. The van der Waals surface area contributed by atoms with E-state index in [1.54, 1.807) is 5.38 Å². The first-order valence-corrected chi connectivity index (χ1v) is 7.67. The van der Waals surface area contributed by atoms with E-state index < -0.39 is 0 Å². The highest BCUT2D eigenvalue weighted by Crippen LogP contribution is 2.29. The molecule has 0 bridgehead atoms. The standard InChI is InChI=1S/C14H16ClN3OS/c15-11-6-2-1-5-10(11)14-18-12(9-20-14)13(19)17-8-4-3-7-16/h1-2,5-6,9H,3-4,7-8,16H2,(H,17,19). The Kier molecular flexibility index (Phi) is 5.52. The van der Waals surface area contributed by atoms with Crippen LogP contribution in [0, 0.1) is 0 Å². The Balaban J connectivity index is 2.02. The third-order valence-electron chi connectivity index (χ3n) is 2.76. The number of rotatable bonds is 6. The molecular weight excluding hydrogens is 294 g/mol. The third kappa shape index (κ3) is 3.79. The quantitative estimate of drug-likeness (QED) is 0.806. The first-order valence-electron chi connectivity index (χ1n) is 6.41. The number of thiazole rings is 1. The van der Waals surface area contributed by atoms with Crippen LogP contribution in [0.5, 0.6) is 0 Å². The normalized spacial score (nSPS) is 10.5. The number of halogens is 1. The van der Waals surface area contributed by atoms with Crippen molar-refractivity contribution >= 4 is 28.8 Å². The van der Waals surface area contributed by atoms with E-state index in [2.05, 4.69) is 10.3 Å². The smallest absolute Gasteiger partial charge is 0.270 e. The van der Waals surface area contributed by atoms with Gasteiger partial charge < -0.3 is 11.1 Å². The molecule has 0 saturated heterocycles. The second-order valence-electron chi connectivity index (χ2n) is 4.27. The summed E-state index contributed by atoms with van der Waals surface area (Å²) in [5.41, 5.74) is 6.68. The van der Waals surface area contributed by atoms with E-state index in [9.17, 15) is 4.79 Å². The number of unbranched alkanes of at least 4 members (excludes halogenated alkanes) is 1. The molecule has 6 heteroatoms. The molecule has 0 radical (unpaired) electrons. The largest absolute Gasteiger partial charge is 0.351 e. The number of aromatic nitrogens is 1. The van der Waals surface area contributed by atoms with Crippen LogP contribution in [0.3, 0.4) is 0 Å². The van der Waals surface area contributed by atoms with Gasteiger partial charge in [-0.15, -0.1) is 11.3 Å². The molecule has 1 aromatic heterocycles. The average Bonchev–Trinajstić information content (AvgIpc) is 2.93. The number of hydrogen-bond donors (Lipinski definition) is 2. The van der Waals surface area contributed by atoms with Crippen LogP contribution in [0.2, 0.25) is 5.02 Å². The Labute approximate surface area is 127 Å². The lowest BCUT2D eigenvalue weighted by molar-refractivity contribution is 0.0949. The summed E-state index contributed by atoms with van der Waals surface area (Å²) < 4.78 is 0. The monoisotopic (exact) mass is 309 g/mol. The summed E-state index contributed by atoms with van der Waals surface area (Å²) in [6.07, 6.45) is 1.78. The van der Waals surface area contributed by atoms with Crippen LogP contribution in [-0.4, -0.2) is 24.0 Å². The maximum absolute atomic E-state index is 11.9. The second-order valence-corrected chi connectivity index (χ2v) is 5.53. The van der Waals surface area contributed by atoms with Gasteiger partial charge in [0.2, 0.25) is 0 Å². The molecule has 1 amide bonds. The summed E-state index contributed by atoms with van der Waals surface area (Å²) in [6, 6.07) is 7.47. The van der Waals surface area contributed by atoms with Gasteiger partial charge >= 0.3 is 0 Å². The number of nitrogens with one attached hydrogen (secondary N) is 1. The molecule has 0 atom stereocenters. The zero-order chi connectivity index (χ0) is 14.4. The van der Waals surface area contributed by atoms with E-state index in [0.717, 1.165) is 23.4 Å². The van der Waals surface area contributed by atoms with Gasteiger partial charge in [0.05, 0.1) is 5.02 Å². The molecule has 1 aromatic carbocycles. The number of nitrogens with two attached hydrogens (primary N) is 1. The minimum absolute atomic E-state index is 0.156. The minimum atomic E-state index is -0.156. The van der Waals surface area contributed by atoms with E-state index in [1.807, 2.05) is 24.3 Å². The number of carbonyl (C=O) groups is 1. The van der Waals surface area contributed by atoms with Crippen molar-refractivity contribution in [3.8, 4) is 10.6 Å². The van der Waals surface area contributed by atoms with Crippen LogP contribution in [0.4, 0.5) is 0 Å². The van der Waals surface area contributed by atoms with Crippen LogP contribution >= 0.6 is 22.9 Å². The van der Waals surface area contributed by atoms with Crippen LogP contribution in [0.15, 0.2) is 29.6 Å². The molecule has 0 fully saturated rings. The summed E-state index contributed by atoms with van der Waals surface area (Å²) in [5, 5.41) is 5.97. The molecule has 1 heterocycles. The second kappa shape index (κ2) is 7.38. The number of hydrogen-bond acceptors (Lipinski definition) is 4.